The van der Waals surface area contributed by atoms with Gasteiger partial charge in [-0.2, -0.15) is 0 Å². The maximum Gasteiger partial charge on any atom is 0.411 e. The van der Waals surface area contributed by atoms with E-state index in [1.54, 1.807) is 33.0 Å². The van der Waals surface area contributed by atoms with E-state index < -0.39 is 29.5 Å². The highest BCUT2D eigenvalue weighted by Gasteiger charge is 2.19. The maximum atomic E-state index is 15.0. The van der Waals surface area contributed by atoms with E-state index in [2.05, 4.69) is 30.6 Å². The number of aryl methyl sites for hydroxylation is 1. The van der Waals surface area contributed by atoms with Crippen LogP contribution in [0.4, 0.5) is 14.9 Å². The summed E-state index contributed by atoms with van der Waals surface area (Å²) in [5.41, 5.74) is 2.88. The topological polar surface area (TPSA) is 158 Å². The Labute approximate surface area is 261 Å². The number of pyridine rings is 1. The van der Waals surface area contributed by atoms with Gasteiger partial charge in [0.25, 0.3) is 5.91 Å². The number of carbonyl (C=O) groups excluding carboxylic acids is 2. The Morgan fingerprint density at radius 1 is 1.09 bits per heavy atom. The molecular formula is C31H31FN6O6S. The zero-order valence-corrected chi connectivity index (χ0v) is 26.0. The Balaban J connectivity index is 1.20. The highest BCUT2D eigenvalue weighted by molar-refractivity contribution is 7.21. The van der Waals surface area contributed by atoms with Crippen LogP contribution in [0.3, 0.4) is 0 Å². The fraction of sp³-hybridized carbons (Fsp3) is 0.290. The van der Waals surface area contributed by atoms with Gasteiger partial charge in [-0.05, 0) is 57.5 Å². The second-order valence-corrected chi connectivity index (χ2v) is 12.0. The van der Waals surface area contributed by atoms with E-state index >= 15 is 4.39 Å². The lowest BCUT2D eigenvalue weighted by atomic mass is 10.1. The summed E-state index contributed by atoms with van der Waals surface area (Å²) < 4.78 is 31.9. The number of anilines is 1. The number of aromatic nitrogens is 4. The van der Waals surface area contributed by atoms with E-state index in [0.717, 1.165) is 11.1 Å². The minimum Gasteiger partial charge on any atom is -0.484 e. The van der Waals surface area contributed by atoms with Crippen molar-refractivity contribution in [2.75, 3.05) is 25.6 Å². The predicted octanol–water partition coefficient (Wildman–Crippen LogP) is 5.27. The summed E-state index contributed by atoms with van der Waals surface area (Å²) in [6.07, 6.45) is 1.39. The fourth-order valence-electron chi connectivity index (χ4n) is 4.23. The average molecular weight is 635 g/mol. The van der Waals surface area contributed by atoms with Crippen LogP contribution in [0.5, 0.6) is 11.6 Å². The van der Waals surface area contributed by atoms with Crippen molar-refractivity contribution in [3.05, 3.63) is 65.9 Å². The number of fused-ring (bicyclic) bond motifs is 2. The van der Waals surface area contributed by atoms with Gasteiger partial charge in [-0.15, -0.1) is 11.3 Å². The van der Waals surface area contributed by atoms with E-state index in [9.17, 15) is 14.7 Å². The van der Waals surface area contributed by atoms with Crippen LogP contribution in [0.1, 0.15) is 36.8 Å². The Bertz CT molecular complexity index is 1880. The molecule has 0 unspecified atom stereocenters. The number of aliphatic hydroxyl groups is 1. The van der Waals surface area contributed by atoms with Gasteiger partial charge >= 0.3 is 6.09 Å². The molecule has 5 aromatic rings. The van der Waals surface area contributed by atoms with Gasteiger partial charge in [0.15, 0.2) is 11.6 Å². The zero-order chi connectivity index (χ0) is 32.3. The number of benzene rings is 2. The van der Waals surface area contributed by atoms with Crippen molar-refractivity contribution in [2.24, 2.45) is 0 Å². The van der Waals surface area contributed by atoms with Crippen LogP contribution >= 0.6 is 11.3 Å². The number of amides is 2. The first-order valence-electron chi connectivity index (χ1n) is 13.9. The van der Waals surface area contributed by atoms with Crippen LogP contribution in [-0.4, -0.2) is 69.0 Å². The smallest absolute Gasteiger partial charge is 0.411 e. The number of nitrogens with zero attached hydrogens (tertiary/aromatic N) is 4. The minimum absolute atomic E-state index is 0.00418. The highest BCUT2D eigenvalue weighted by Crippen LogP contribution is 2.37. The number of thiazole rings is 1. The van der Waals surface area contributed by atoms with Gasteiger partial charge in [-0.3, -0.25) is 10.1 Å². The third kappa shape index (κ3) is 7.77. The SMILES string of the molecule is COc1cnc2c(-c3nc4cc(F)c(O[C@@H](C)COC(=O)Nc5ccc(C(=O)NCC(C)(C)O)nc5)cc4s3)cc(C)cc2n1. The Hall–Kier alpha value is -4.95. The van der Waals surface area contributed by atoms with Crippen LogP contribution in [0, 0.1) is 12.7 Å². The van der Waals surface area contributed by atoms with Crippen molar-refractivity contribution < 1.29 is 33.3 Å². The molecule has 0 radical (unpaired) electrons. The zero-order valence-electron chi connectivity index (χ0n) is 25.2. The molecule has 45 heavy (non-hydrogen) atoms. The van der Waals surface area contributed by atoms with E-state index in [-0.39, 0.29) is 24.6 Å². The van der Waals surface area contributed by atoms with Crippen LogP contribution in [-0.2, 0) is 4.74 Å². The van der Waals surface area contributed by atoms with Gasteiger partial charge in [-0.25, -0.2) is 29.1 Å². The number of halogens is 1. The van der Waals surface area contributed by atoms with Crippen molar-refractivity contribution >= 4 is 50.3 Å². The summed E-state index contributed by atoms with van der Waals surface area (Å²) in [6, 6.07) is 9.66. The molecule has 0 aliphatic heterocycles. The monoisotopic (exact) mass is 634 g/mol. The molecule has 0 saturated heterocycles. The molecule has 0 aliphatic rings. The quantitative estimate of drug-likeness (QED) is 0.185. The van der Waals surface area contributed by atoms with Crippen LogP contribution < -0.4 is 20.1 Å². The van der Waals surface area contributed by atoms with E-state index in [0.29, 0.717) is 37.8 Å². The Kier molecular flexibility index (Phi) is 9.06. The summed E-state index contributed by atoms with van der Waals surface area (Å²) in [7, 11) is 1.53. The van der Waals surface area contributed by atoms with Gasteiger partial charge in [0.2, 0.25) is 5.88 Å². The van der Waals surface area contributed by atoms with Crippen LogP contribution in [0.25, 0.3) is 31.8 Å². The highest BCUT2D eigenvalue weighted by atomic mass is 32.1. The normalized spacial score (nSPS) is 12.2. The summed E-state index contributed by atoms with van der Waals surface area (Å²) in [4.78, 5) is 42.1. The van der Waals surface area contributed by atoms with Crippen LogP contribution in [0.15, 0.2) is 48.8 Å². The fourth-order valence-corrected chi connectivity index (χ4v) is 5.22. The largest absolute Gasteiger partial charge is 0.484 e. The van der Waals surface area contributed by atoms with E-state index in [1.807, 2.05) is 19.1 Å². The second kappa shape index (κ2) is 13.0. The van der Waals surface area contributed by atoms with Gasteiger partial charge in [0, 0.05) is 24.2 Å². The molecule has 5 rings (SSSR count). The van der Waals surface area contributed by atoms with E-state index in [1.165, 1.54) is 42.8 Å². The molecule has 0 spiro atoms. The lowest BCUT2D eigenvalue weighted by molar-refractivity contribution is 0.0692. The van der Waals surface area contributed by atoms with Crippen molar-refractivity contribution in [1.29, 1.82) is 0 Å². The standard InChI is InChI=1S/C31H31FN6O6S/c1-16-8-19(27-23(9-16)37-26(42-5)13-34-27)29-38-22-10-20(32)24(11-25(22)45-29)44-17(2)14-43-30(40)36-18-6-7-21(33-12-18)28(39)35-15-31(3,4)41/h6-13,17,41H,14-15H2,1-5H3,(H,35,39)(H,36,40)/t17-/m0/s1. The van der Waals surface area contributed by atoms with Crippen molar-refractivity contribution in [3.63, 3.8) is 0 Å². The number of nitrogens with one attached hydrogen (secondary N) is 2. The summed E-state index contributed by atoms with van der Waals surface area (Å²) >= 11 is 1.37. The number of methoxy groups -OCH3 is 1. The molecule has 0 bridgehead atoms. The Morgan fingerprint density at radius 2 is 1.89 bits per heavy atom. The maximum absolute atomic E-state index is 15.0. The number of ether oxygens (including phenoxy) is 3. The molecular weight excluding hydrogens is 603 g/mol. The molecule has 2 amide bonds. The van der Waals surface area contributed by atoms with Crippen molar-refractivity contribution in [2.45, 2.75) is 39.4 Å². The van der Waals surface area contributed by atoms with Gasteiger partial charge in [0.05, 0.1) is 52.0 Å². The van der Waals surface area contributed by atoms with Gasteiger partial charge in [-0.1, -0.05) is 0 Å². The molecule has 1 atom stereocenters. The molecule has 12 nitrogen and oxygen atoms in total. The lowest BCUT2D eigenvalue weighted by Crippen LogP contribution is -2.38. The number of rotatable bonds is 10. The number of hydrogen-bond donors (Lipinski definition) is 3. The third-order valence-corrected chi connectivity index (χ3v) is 7.40. The summed E-state index contributed by atoms with van der Waals surface area (Å²) in [5, 5.41) is 15.5. The van der Waals surface area contributed by atoms with Crippen molar-refractivity contribution in [3.8, 4) is 22.2 Å². The second-order valence-electron chi connectivity index (χ2n) is 10.9. The summed E-state index contributed by atoms with van der Waals surface area (Å²) in [6.45, 7) is 6.62. The summed E-state index contributed by atoms with van der Waals surface area (Å²) in [5.74, 6) is -0.668. The predicted molar refractivity (Wildman–Crippen MR) is 167 cm³/mol. The minimum atomic E-state index is -1.06. The van der Waals surface area contributed by atoms with Gasteiger partial charge in [0.1, 0.15) is 23.4 Å². The molecule has 0 saturated carbocycles. The van der Waals surface area contributed by atoms with Gasteiger partial charge < -0.3 is 24.6 Å². The first kappa shape index (κ1) is 31.5. The third-order valence-electron chi connectivity index (χ3n) is 6.35. The number of hydrogen-bond acceptors (Lipinski definition) is 11. The molecule has 14 heteroatoms. The Morgan fingerprint density at radius 3 is 2.60 bits per heavy atom. The average Bonchev–Trinajstić information content (AvgIpc) is 3.40. The first-order valence-corrected chi connectivity index (χ1v) is 14.7. The molecule has 2 aromatic carbocycles. The van der Waals surface area contributed by atoms with Crippen LogP contribution in [0.2, 0.25) is 0 Å². The molecule has 3 N–H and O–H groups in total. The first-order chi connectivity index (χ1) is 21.4. The number of carbonyl (C=O) groups is 2. The molecule has 234 valence electrons. The van der Waals surface area contributed by atoms with E-state index in [4.69, 9.17) is 14.2 Å². The molecule has 3 heterocycles. The van der Waals surface area contributed by atoms with Crippen molar-refractivity contribution in [1.82, 2.24) is 25.3 Å². The molecule has 0 fully saturated rings. The molecule has 3 aromatic heterocycles. The lowest BCUT2D eigenvalue weighted by Gasteiger charge is -2.17. The molecule has 0 aliphatic carbocycles.